The molecule has 0 bridgehead atoms. The predicted octanol–water partition coefficient (Wildman–Crippen LogP) is 10.7. The number of para-hydroxylation sites is 4. The van der Waals surface area contributed by atoms with Gasteiger partial charge in [0.1, 0.15) is 8.07 Å². The molecule has 0 unspecified atom stereocenters. The molecule has 0 atom stereocenters. The second-order valence-electron chi connectivity index (χ2n) is 15.7. The number of hydrogen-bond acceptors (Lipinski definition) is 4. The first-order chi connectivity index (χ1) is 27.6. The van der Waals surface area contributed by atoms with Crippen LogP contribution in [0.4, 0.5) is 51.2 Å². The van der Waals surface area contributed by atoms with Crippen molar-refractivity contribution in [2.45, 2.75) is 13.1 Å². The lowest BCUT2D eigenvalue weighted by atomic mass is 9.33. The molecule has 9 aromatic rings. The summed E-state index contributed by atoms with van der Waals surface area (Å²) in [4.78, 5) is 7.65. The standard InChI is InChI=1S/C50H36BN3SSi/c1-56(2)45-28-15-13-24-41(45)54-43-26-16-25-42-47(43)51(40-31-36(32-46(56)48(40)54)52(33-17-6-3-7-18-33)34-19-8-4-9-20-34)39-30-29-38-37-23-12-14-27-44(37)55-50(38)49(39)53(42)35-21-10-5-11-22-35/h3-32H,1-2H3. The van der Waals surface area contributed by atoms with Crippen LogP contribution < -0.4 is 41.5 Å². The molecule has 0 aliphatic carbocycles. The van der Waals surface area contributed by atoms with E-state index in [1.165, 1.54) is 86.7 Å². The Labute approximate surface area is 332 Å². The number of fused-ring (bicyclic) bond motifs is 10. The van der Waals surface area contributed by atoms with Crippen molar-refractivity contribution in [3.05, 3.63) is 182 Å². The largest absolute Gasteiger partial charge is 0.312 e. The van der Waals surface area contributed by atoms with Crippen molar-refractivity contribution in [3.8, 4) is 0 Å². The molecule has 1 aromatic heterocycles. The zero-order valence-electron chi connectivity index (χ0n) is 31.1. The number of benzene rings is 8. The van der Waals surface area contributed by atoms with Crippen molar-refractivity contribution in [1.82, 2.24) is 0 Å². The molecule has 4 heterocycles. The van der Waals surface area contributed by atoms with E-state index >= 15 is 0 Å². The van der Waals surface area contributed by atoms with Gasteiger partial charge in [0, 0.05) is 61.0 Å². The Bertz CT molecular complexity index is 3000. The van der Waals surface area contributed by atoms with Gasteiger partial charge >= 0.3 is 0 Å². The Morgan fingerprint density at radius 2 is 1.11 bits per heavy atom. The highest BCUT2D eigenvalue weighted by Crippen LogP contribution is 2.49. The Balaban J connectivity index is 1.23. The molecule has 0 saturated carbocycles. The molecule has 6 heteroatoms. The van der Waals surface area contributed by atoms with E-state index in [2.05, 4.69) is 210 Å². The SMILES string of the molecule is C[Si]1(C)c2ccccc2N2c3cccc4c3B(c3cc(N(c5ccccc5)c5ccccc5)cc1c32)c1ccc2c(sc3ccccc32)c1N4c1ccccc1. The van der Waals surface area contributed by atoms with Crippen LogP contribution in [0, 0.1) is 0 Å². The number of hydrogen-bond donors (Lipinski definition) is 0. The topological polar surface area (TPSA) is 9.72 Å². The number of thiophene rings is 1. The fraction of sp³-hybridized carbons (Fsp3) is 0.0400. The molecule has 0 N–H and O–H groups in total. The van der Waals surface area contributed by atoms with E-state index in [0.29, 0.717) is 0 Å². The van der Waals surface area contributed by atoms with Crippen LogP contribution in [-0.4, -0.2) is 14.8 Å². The summed E-state index contributed by atoms with van der Waals surface area (Å²) in [6.45, 7) is 5.13. The zero-order chi connectivity index (χ0) is 37.1. The van der Waals surface area contributed by atoms with E-state index in [0.717, 1.165) is 11.4 Å². The van der Waals surface area contributed by atoms with Crippen molar-refractivity contribution >= 4 is 124 Å². The first-order valence-electron chi connectivity index (χ1n) is 19.5. The molecular weight excluding hydrogens is 714 g/mol. The van der Waals surface area contributed by atoms with Crippen molar-refractivity contribution in [3.63, 3.8) is 0 Å². The van der Waals surface area contributed by atoms with Crippen molar-refractivity contribution < 1.29 is 0 Å². The van der Waals surface area contributed by atoms with Gasteiger partial charge < -0.3 is 14.7 Å². The van der Waals surface area contributed by atoms with Crippen LogP contribution in [0.1, 0.15) is 0 Å². The van der Waals surface area contributed by atoms with Gasteiger partial charge in [-0.15, -0.1) is 11.3 Å². The quantitative estimate of drug-likeness (QED) is 0.166. The fourth-order valence-electron chi connectivity index (χ4n) is 9.96. The van der Waals surface area contributed by atoms with Gasteiger partial charge in [-0.3, -0.25) is 0 Å². The van der Waals surface area contributed by atoms with Crippen molar-refractivity contribution in [1.29, 1.82) is 0 Å². The molecular formula is C50H36BN3SSi. The van der Waals surface area contributed by atoms with Gasteiger partial charge in [0.05, 0.1) is 10.4 Å². The summed E-state index contributed by atoms with van der Waals surface area (Å²) < 4.78 is 2.66. The minimum atomic E-state index is -2.23. The maximum atomic E-state index is 2.62. The highest BCUT2D eigenvalue weighted by molar-refractivity contribution is 7.26. The van der Waals surface area contributed by atoms with Crippen LogP contribution in [0.2, 0.25) is 13.1 Å². The van der Waals surface area contributed by atoms with Crippen molar-refractivity contribution in [2.24, 2.45) is 0 Å². The summed E-state index contributed by atoms with van der Waals surface area (Å²) in [5, 5.41) is 5.59. The van der Waals surface area contributed by atoms with Crippen LogP contribution in [0.5, 0.6) is 0 Å². The highest BCUT2D eigenvalue weighted by atomic mass is 32.1. The first kappa shape index (κ1) is 32.0. The second kappa shape index (κ2) is 11.8. The monoisotopic (exact) mass is 749 g/mol. The lowest BCUT2D eigenvalue weighted by molar-refractivity contribution is 1.25. The van der Waals surface area contributed by atoms with E-state index < -0.39 is 8.07 Å². The maximum Gasteiger partial charge on any atom is 0.252 e. The van der Waals surface area contributed by atoms with E-state index in [1.807, 2.05) is 11.3 Å². The van der Waals surface area contributed by atoms with Crippen LogP contribution >= 0.6 is 11.3 Å². The predicted molar refractivity (Wildman–Crippen MR) is 245 cm³/mol. The molecule has 56 heavy (non-hydrogen) atoms. The van der Waals surface area contributed by atoms with Gasteiger partial charge in [-0.2, -0.15) is 0 Å². The second-order valence-corrected chi connectivity index (χ2v) is 21.1. The Kier molecular flexibility index (Phi) is 6.75. The average molecular weight is 750 g/mol. The van der Waals surface area contributed by atoms with Gasteiger partial charge in [-0.05, 0) is 99.6 Å². The van der Waals surface area contributed by atoms with Gasteiger partial charge in [0.15, 0.2) is 0 Å². The number of rotatable bonds is 4. The van der Waals surface area contributed by atoms with E-state index in [4.69, 9.17) is 0 Å². The molecule has 0 fully saturated rings. The Hall–Kier alpha value is -6.34. The maximum absolute atomic E-state index is 2.62. The minimum absolute atomic E-state index is 0.0270. The molecule has 8 aromatic carbocycles. The third kappa shape index (κ3) is 4.34. The molecule has 0 amide bonds. The Morgan fingerprint density at radius 3 is 1.86 bits per heavy atom. The number of anilines is 9. The summed E-state index contributed by atoms with van der Waals surface area (Å²) in [5.41, 5.74) is 15.3. The zero-order valence-corrected chi connectivity index (χ0v) is 33.0. The summed E-state index contributed by atoms with van der Waals surface area (Å²) in [7, 11) is -2.23. The molecule has 0 radical (unpaired) electrons. The summed E-state index contributed by atoms with van der Waals surface area (Å²) in [6, 6.07) is 67.8. The van der Waals surface area contributed by atoms with E-state index in [-0.39, 0.29) is 6.71 Å². The molecule has 264 valence electrons. The summed E-state index contributed by atoms with van der Waals surface area (Å²) in [6.07, 6.45) is 0. The lowest BCUT2D eigenvalue weighted by Crippen LogP contribution is -2.67. The van der Waals surface area contributed by atoms with Gasteiger partial charge in [0.2, 0.25) is 0 Å². The van der Waals surface area contributed by atoms with Crippen LogP contribution in [0.3, 0.4) is 0 Å². The number of nitrogens with zero attached hydrogens (tertiary/aromatic N) is 3. The molecule has 3 aliphatic rings. The van der Waals surface area contributed by atoms with Crippen LogP contribution in [0.25, 0.3) is 20.2 Å². The van der Waals surface area contributed by atoms with Gasteiger partial charge in [-0.25, -0.2) is 0 Å². The third-order valence-electron chi connectivity index (χ3n) is 12.4. The van der Waals surface area contributed by atoms with Crippen LogP contribution in [0.15, 0.2) is 182 Å². The molecule has 0 spiro atoms. The van der Waals surface area contributed by atoms with E-state index in [1.54, 1.807) is 0 Å². The molecule has 3 aliphatic heterocycles. The molecule has 12 rings (SSSR count). The van der Waals surface area contributed by atoms with Crippen molar-refractivity contribution in [2.75, 3.05) is 14.7 Å². The van der Waals surface area contributed by atoms with Crippen LogP contribution in [-0.2, 0) is 0 Å². The normalized spacial score (nSPS) is 14.3. The minimum Gasteiger partial charge on any atom is -0.312 e. The first-order valence-corrected chi connectivity index (χ1v) is 23.3. The van der Waals surface area contributed by atoms with Gasteiger partial charge in [0.25, 0.3) is 6.71 Å². The Morgan fingerprint density at radius 1 is 0.482 bits per heavy atom. The highest BCUT2D eigenvalue weighted by Gasteiger charge is 2.49. The third-order valence-corrected chi connectivity index (χ3v) is 17.1. The lowest BCUT2D eigenvalue weighted by Gasteiger charge is -2.49. The van der Waals surface area contributed by atoms with Gasteiger partial charge in [-0.1, -0.05) is 122 Å². The summed E-state index contributed by atoms with van der Waals surface area (Å²) >= 11 is 1.92. The summed E-state index contributed by atoms with van der Waals surface area (Å²) in [5.74, 6) is 0. The fourth-order valence-corrected chi connectivity index (χ4v) is 14.2. The molecule has 0 saturated heterocycles. The van der Waals surface area contributed by atoms with E-state index in [9.17, 15) is 0 Å². The average Bonchev–Trinajstić information content (AvgIpc) is 3.63. The molecule has 3 nitrogen and oxygen atoms in total. The smallest absolute Gasteiger partial charge is 0.252 e.